The topological polar surface area (TPSA) is 88.5 Å². The van der Waals surface area contributed by atoms with E-state index in [1.165, 1.54) is 0 Å². The maximum Gasteiger partial charge on any atom is 0.407 e. The van der Waals surface area contributed by atoms with E-state index in [0.29, 0.717) is 6.42 Å². The van der Waals surface area contributed by atoms with Gasteiger partial charge in [0.05, 0.1) is 5.92 Å². The number of alkyl carbamates (subject to hydrolysis) is 1. The van der Waals surface area contributed by atoms with E-state index in [0.717, 1.165) is 5.56 Å². The number of rotatable bonds is 5. The molecule has 0 aromatic carbocycles. The van der Waals surface area contributed by atoms with Crippen molar-refractivity contribution in [2.75, 3.05) is 6.54 Å². The number of pyridine rings is 1. The maximum absolute atomic E-state index is 11.5. The third-order valence-electron chi connectivity index (χ3n) is 2.47. The Labute approximate surface area is 118 Å². The molecule has 0 saturated carbocycles. The molecule has 2 N–H and O–H groups in total. The van der Waals surface area contributed by atoms with Gasteiger partial charge in [0.15, 0.2) is 0 Å². The van der Waals surface area contributed by atoms with E-state index in [-0.39, 0.29) is 6.54 Å². The largest absolute Gasteiger partial charge is 0.481 e. The predicted octanol–water partition coefficient (Wildman–Crippen LogP) is 1.85. The van der Waals surface area contributed by atoms with E-state index in [9.17, 15) is 14.7 Å². The Morgan fingerprint density at radius 3 is 2.45 bits per heavy atom. The molecule has 6 heteroatoms. The van der Waals surface area contributed by atoms with Crippen LogP contribution in [0.15, 0.2) is 24.5 Å². The Hall–Kier alpha value is -2.11. The van der Waals surface area contributed by atoms with Crippen molar-refractivity contribution in [3.05, 3.63) is 30.1 Å². The zero-order valence-electron chi connectivity index (χ0n) is 11.9. The fourth-order valence-electron chi connectivity index (χ4n) is 1.57. The summed E-state index contributed by atoms with van der Waals surface area (Å²) in [6.45, 7) is 5.27. The molecule has 0 aliphatic rings. The van der Waals surface area contributed by atoms with E-state index in [1.54, 1.807) is 45.3 Å². The Bertz CT molecular complexity index is 454. The molecule has 0 bridgehead atoms. The minimum absolute atomic E-state index is 0.0204. The maximum atomic E-state index is 11.5. The molecule has 20 heavy (non-hydrogen) atoms. The van der Waals surface area contributed by atoms with Crippen molar-refractivity contribution in [1.82, 2.24) is 10.3 Å². The Kier molecular flexibility index (Phi) is 5.49. The zero-order valence-corrected chi connectivity index (χ0v) is 11.9. The third kappa shape index (κ3) is 6.17. The molecule has 0 unspecified atom stereocenters. The van der Waals surface area contributed by atoms with Crippen molar-refractivity contribution in [1.29, 1.82) is 0 Å². The first-order chi connectivity index (χ1) is 9.28. The number of hydrogen-bond acceptors (Lipinski definition) is 4. The van der Waals surface area contributed by atoms with Crippen molar-refractivity contribution in [3.63, 3.8) is 0 Å². The number of nitrogens with one attached hydrogen (secondary N) is 1. The lowest BCUT2D eigenvalue weighted by molar-refractivity contribution is -0.141. The second kappa shape index (κ2) is 6.88. The monoisotopic (exact) mass is 280 g/mol. The van der Waals surface area contributed by atoms with Crippen molar-refractivity contribution in [2.24, 2.45) is 5.92 Å². The predicted molar refractivity (Wildman–Crippen MR) is 73.3 cm³/mol. The van der Waals surface area contributed by atoms with Crippen LogP contribution in [-0.4, -0.2) is 34.3 Å². The highest BCUT2D eigenvalue weighted by Gasteiger charge is 2.21. The van der Waals surface area contributed by atoms with Gasteiger partial charge in [0.1, 0.15) is 5.60 Å². The lowest BCUT2D eigenvalue weighted by Crippen LogP contribution is -2.37. The number of amides is 1. The number of ether oxygens (including phenoxy) is 1. The highest BCUT2D eigenvalue weighted by Crippen LogP contribution is 2.09. The summed E-state index contributed by atoms with van der Waals surface area (Å²) in [5, 5.41) is 11.7. The van der Waals surface area contributed by atoms with Gasteiger partial charge in [0.25, 0.3) is 0 Å². The lowest BCUT2D eigenvalue weighted by Gasteiger charge is -2.20. The Morgan fingerprint density at radius 2 is 1.95 bits per heavy atom. The fraction of sp³-hybridized carbons (Fsp3) is 0.500. The first-order valence-corrected chi connectivity index (χ1v) is 6.36. The average Bonchev–Trinajstić information content (AvgIpc) is 2.33. The summed E-state index contributed by atoms with van der Waals surface area (Å²) < 4.78 is 5.07. The molecule has 1 aromatic heterocycles. The van der Waals surface area contributed by atoms with Gasteiger partial charge in [-0.25, -0.2) is 4.79 Å². The molecule has 1 aromatic rings. The van der Waals surface area contributed by atoms with Crippen molar-refractivity contribution < 1.29 is 19.4 Å². The quantitative estimate of drug-likeness (QED) is 0.859. The smallest absolute Gasteiger partial charge is 0.407 e. The van der Waals surface area contributed by atoms with E-state index >= 15 is 0 Å². The minimum Gasteiger partial charge on any atom is -0.481 e. The van der Waals surface area contributed by atoms with Gasteiger partial charge in [-0.1, -0.05) is 0 Å². The van der Waals surface area contributed by atoms with Gasteiger partial charge in [0.2, 0.25) is 0 Å². The van der Waals surface area contributed by atoms with Crippen LogP contribution in [0.5, 0.6) is 0 Å². The first-order valence-electron chi connectivity index (χ1n) is 6.36. The van der Waals surface area contributed by atoms with Gasteiger partial charge < -0.3 is 15.2 Å². The van der Waals surface area contributed by atoms with E-state index in [4.69, 9.17) is 4.74 Å². The minimum atomic E-state index is -0.960. The number of carboxylic acids is 1. The van der Waals surface area contributed by atoms with Gasteiger partial charge >= 0.3 is 12.1 Å². The summed E-state index contributed by atoms with van der Waals surface area (Å²) in [5.41, 5.74) is 0.256. The van der Waals surface area contributed by atoms with Gasteiger partial charge in [-0.15, -0.1) is 0 Å². The fourth-order valence-corrected chi connectivity index (χ4v) is 1.57. The summed E-state index contributed by atoms with van der Waals surface area (Å²) in [6.07, 6.45) is 2.93. The van der Waals surface area contributed by atoms with Gasteiger partial charge in [-0.2, -0.15) is 0 Å². The van der Waals surface area contributed by atoms with E-state index in [1.807, 2.05) is 0 Å². The average molecular weight is 280 g/mol. The first kappa shape index (κ1) is 15.9. The van der Waals surface area contributed by atoms with Crippen molar-refractivity contribution >= 4 is 12.1 Å². The van der Waals surface area contributed by atoms with Crippen LogP contribution in [-0.2, 0) is 16.0 Å². The summed E-state index contributed by atoms with van der Waals surface area (Å²) in [6, 6.07) is 3.51. The molecular formula is C14H20N2O4. The van der Waals surface area contributed by atoms with Crippen molar-refractivity contribution in [2.45, 2.75) is 32.8 Å². The Morgan fingerprint density at radius 1 is 1.35 bits per heavy atom. The molecule has 0 spiro atoms. The number of carbonyl (C=O) groups is 2. The number of aromatic nitrogens is 1. The molecule has 110 valence electrons. The second-order valence-electron chi connectivity index (χ2n) is 5.48. The summed E-state index contributed by atoms with van der Waals surface area (Å²) >= 11 is 0. The molecule has 0 saturated heterocycles. The molecule has 1 heterocycles. The molecule has 0 fully saturated rings. The number of carbonyl (C=O) groups excluding carboxylic acids is 1. The van der Waals surface area contributed by atoms with Crippen LogP contribution < -0.4 is 5.32 Å². The van der Waals surface area contributed by atoms with Crippen LogP contribution >= 0.6 is 0 Å². The van der Waals surface area contributed by atoms with Crippen LogP contribution in [0.4, 0.5) is 4.79 Å². The Balaban J connectivity index is 2.52. The van der Waals surface area contributed by atoms with Gasteiger partial charge in [-0.3, -0.25) is 9.78 Å². The molecule has 0 aliphatic heterocycles. The second-order valence-corrected chi connectivity index (χ2v) is 5.48. The zero-order chi connectivity index (χ0) is 15.2. The number of carboxylic acid groups (broad SMARTS) is 1. The number of nitrogens with zero attached hydrogens (tertiary/aromatic N) is 1. The third-order valence-corrected chi connectivity index (χ3v) is 2.47. The van der Waals surface area contributed by atoms with Crippen LogP contribution in [0.3, 0.4) is 0 Å². The molecule has 1 amide bonds. The van der Waals surface area contributed by atoms with Crippen LogP contribution in [0, 0.1) is 5.92 Å². The van der Waals surface area contributed by atoms with Crippen LogP contribution in [0.1, 0.15) is 26.3 Å². The molecule has 0 aliphatic carbocycles. The molecule has 0 radical (unpaired) electrons. The van der Waals surface area contributed by atoms with Gasteiger partial charge in [0, 0.05) is 18.9 Å². The molecule has 1 rings (SSSR count). The standard InChI is InChI=1S/C14H20N2O4/c1-14(2,3)20-13(19)16-9-11(12(17)18)8-10-4-6-15-7-5-10/h4-7,11H,8-9H2,1-3H3,(H,16,19)(H,17,18)/t11-/m0/s1. The van der Waals surface area contributed by atoms with Gasteiger partial charge in [-0.05, 0) is 44.9 Å². The van der Waals surface area contributed by atoms with E-state index < -0.39 is 23.6 Å². The summed E-state index contributed by atoms with van der Waals surface area (Å²) in [4.78, 5) is 26.6. The number of hydrogen-bond donors (Lipinski definition) is 2. The van der Waals surface area contributed by atoms with Crippen LogP contribution in [0.2, 0.25) is 0 Å². The molecule has 1 atom stereocenters. The summed E-state index contributed by atoms with van der Waals surface area (Å²) in [5.74, 6) is -1.66. The molecule has 6 nitrogen and oxygen atoms in total. The highest BCUT2D eigenvalue weighted by molar-refractivity contribution is 5.73. The molecular weight excluding hydrogens is 260 g/mol. The van der Waals surface area contributed by atoms with Crippen LogP contribution in [0.25, 0.3) is 0 Å². The SMILES string of the molecule is CC(C)(C)OC(=O)NC[C@H](Cc1ccncc1)C(=O)O. The summed E-state index contributed by atoms with van der Waals surface area (Å²) in [7, 11) is 0. The highest BCUT2D eigenvalue weighted by atomic mass is 16.6. The number of aliphatic carboxylic acids is 1. The normalized spacial score (nSPS) is 12.6. The lowest BCUT2D eigenvalue weighted by atomic mass is 10.0. The van der Waals surface area contributed by atoms with Crippen molar-refractivity contribution in [3.8, 4) is 0 Å². The van der Waals surface area contributed by atoms with E-state index in [2.05, 4.69) is 10.3 Å².